The van der Waals surface area contributed by atoms with Crippen LogP contribution in [0.3, 0.4) is 0 Å². The minimum absolute atomic E-state index is 0.530. The van der Waals surface area contributed by atoms with Crippen molar-refractivity contribution in [3.8, 4) is 0 Å². The van der Waals surface area contributed by atoms with E-state index >= 15 is 0 Å². The third-order valence-electron chi connectivity index (χ3n) is 2.80. The van der Waals surface area contributed by atoms with Gasteiger partial charge in [-0.1, -0.05) is 49.7 Å². The van der Waals surface area contributed by atoms with Gasteiger partial charge in [-0.3, -0.25) is 4.57 Å². The summed E-state index contributed by atoms with van der Waals surface area (Å²) >= 11 is 1.33. The summed E-state index contributed by atoms with van der Waals surface area (Å²) < 4.78 is 19.0. The Morgan fingerprint density at radius 2 is 1.60 bits per heavy atom. The third kappa shape index (κ3) is 4.24. The summed E-state index contributed by atoms with van der Waals surface area (Å²) in [5.74, 6) is 0. The van der Waals surface area contributed by atoms with Crippen molar-refractivity contribution in [3.05, 3.63) is 60.7 Å². The first-order valence-electron chi connectivity index (χ1n) is 6.79. The maximum Gasteiger partial charge on any atom is 0.291 e. The highest BCUT2D eigenvalue weighted by Crippen LogP contribution is 2.61. The van der Waals surface area contributed by atoms with E-state index in [1.54, 1.807) is 0 Å². The highest BCUT2D eigenvalue weighted by atomic mass is 32.7. The van der Waals surface area contributed by atoms with Gasteiger partial charge < -0.3 is 4.52 Å². The maximum atomic E-state index is 13.2. The van der Waals surface area contributed by atoms with Gasteiger partial charge in [0.25, 0.3) is 6.57 Å². The molecule has 0 fully saturated rings. The number of benzene rings is 2. The van der Waals surface area contributed by atoms with E-state index in [-0.39, 0.29) is 0 Å². The van der Waals surface area contributed by atoms with Gasteiger partial charge >= 0.3 is 0 Å². The zero-order valence-corrected chi connectivity index (χ0v) is 13.3. The minimum Gasteiger partial charge on any atom is -0.318 e. The van der Waals surface area contributed by atoms with Gasteiger partial charge in [0.15, 0.2) is 0 Å². The van der Waals surface area contributed by atoms with Crippen LogP contribution >= 0.6 is 18.0 Å². The molecule has 0 aromatic heterocycles. The van der Waals surface area contributed by atoms with E-state index in [1.165, 1.54) is 11.4 Å². The summed E-state index contributed by atoms with van der Waals surface area (Å²) in [7, 11) is 0. The van der Waals surface area contributed by atoms with E-state index in [4.69, 9.17) is 4.52 Å². The Morgan fingerprint density at radius 3 is 2.20 bits per heavy atom. The number of hydrogen-bond donors (Lipinski definition) is 0. The van der Waals surface area contributed by atoms with Gasteiger partial charge in [-0.05, 0) is 42.1 Å². The largest absolute Gasteiger partial charge is 0.318 e. The molecule has 0 aliphatic heterocycles. The van der Waals surface area contributed by atoms with Gasteiger partial charge in [-0.25, -0.2) is 0 Å². The molecule has 2 aromatic carbocycles. The van der Waals surface area contributed by atoms with Crippen molar-refractivity contribution in [2.24, 2.45) is 0 Å². The topological polar surface area (TPSA) is 26.3 Å². The van der Waals surface area contributed by atoms with Crippen LogP contribution in [0.1, 0.15) is 19.8 Å². The summed E-state index contributed by atoms with van der Waals surface area (Å²) in [5, 5.41) is 0.768. The first-order valence-corrected chi connectivity index (χ1v) is 9.84. The van der Waals surface area contributed by atoms with Gasteiger partial charge in [-0.15, -0.1) is 0 Å². The molecule has 1 unspecified atom stereocenters. The van der Waals surface area contributed by atoms with Crippen molar-refractivity contribution in [2.45, 2.75) is 24.7 Å². The second kappa shape index (κ2) is 7.68. The lowest BCUT2D eigenvalue weighted by molar-refractivity contribution is 0.323. The Bertz CT molecular complexity index is 557. The molecule has 20 heavy (non-hydrogen) atoms. The van der Waals surface area contributed by atoms with E-state index < -0.39 is 6.57 Å². The van der Waals surface area contributed by atoms with E-state index in [2.05, 4.69) is 6.92 Å². The van der Waals surface area contributed by atoms with Gasteiger partial charge in [-0.2, -0.15) is 0 Å². The molecule has 1 atom stereocenters. The van der Waals surface area contributed by atoms with Crippen molar-refractivity contribution >= 4 is 23.3 Å². The Labute approximate surface area is 124 Å². The number of unbranched alkanes of at least 4 members (excludes halogenated alkanes) is 1. The zero-order valence-electron chi connectivity index (χ0n) is 11.6. The van der Waals surface area contributed by atoms with Crippen LogP contribution in [0.2, 0.25) is 0 Å². The first-order chi connectivity index (χ1) is 9.74. The SMILES string of the molecule is CCCCOP(=O)(Sc1ccccc1)c1ccccc1. The van der Waals surface area contributed by atoms with Crippen molar-refractivity contribution in [1.82, 2.24) is 0 Å². The monoisotopic (exact) mass is 306 g/mol. The molecule has 0 aliphatic rings. The van der Waals surface area contributed by atoms with Crippen molar-refractivity contribution in [3.63, 3.8) is 0 Å². The summed E-state index contributed by atoms with van der Waals surface area (Å²) in [6.07, 6.45) is 1.96. The standard InChI is InChI=1S/C16H19O2PS/c1-2-3-14-18-19(17,15-10-6-4-7-11-15)20-16-12-8-5-9-13-16/h4-13H,2-3,14H2,1H3. The third-order valence-corrected chi connectivity index (χ3v) is 7.28. The second-order valence-electron chi connectivity index (χ2n) is 4.42. The Morgan fingerprint density at radius 1 is 1.00 bits per heavy atom. The fourth-order valence-corrected chi connectivity index (χ4v) is 5.74. The first kappa shape index (κ1) is 15.4. The van der Waals surface area contributed by atoms with Crippen LogP contribution in [0.5, 0.6) is 0 Å². The second-order valence-corrected chi connectivity index (χ2v) is 8.84. The lowest BCUT2D eigenvalue weighted by Crippen LogP contribution is -2.05. The van der Waals surface area contributed by atoms with Crippen LogP contribution in [0.15, 0.2) is 65.6 Å². The smallest absolute Gasteiger partial charge is 0.291 e. The summed E-state index contributed by atoms with van der Waals surface area (Å²) in [6.45, 7) is -0.278. The van der Waals surface area contributed by atoms with Gasteiger partial charge in [0.1, 0.15) is 0 Å². The fourth-order valence-electron chi connectivity index (χ4n) is 1.71. The van der Waals surface area contributed by atoms with Gasteiger partial charge in [0.2, 0.25) is 0 Å². The van der Waals surface area contributed by atoms with Crippen LogP contribution in [0.4, 0.5) is 0 Å². The molecule has 0 aliphatic carbocycles. The maximum absolute atomic E-state index is 13.2. The molecule has 2 rings (SSSR count). The Kier molecular flexibility index (Phi) is 5.90. The molecule has 4 heteroatoms. The predicted octanol–water partition coefficient (Wildman–Crippen LogP) is 5.11. The molecule has 0 heterocycles. The van der Waals surface area contributed by atoms with Gasteiger partial charge in [0, 0.05) is 10.2 Å². The lowest BCUT2D eigenvalue weighted by Gasteiger charge is -2.18. The average molecular weight is 306 g/mol. The molecule has 0 amide bonds. The van der Waals surface area contributed by atoms with Crippen LogP contribution < -0.4 is 5.30 Å². The lowest BCUT2D eigenvalue weighted by atomic mass is 10.4. The number of hydrogen-bond acceptors (Lipinski definition) is 3. The average Bonchev–Trinajstić information content (AvgIpc) is 2.49. The molecule has 0 spiro atoms. The van der Waals surface area contributed by atoms with Crippen molar-refractivity contribution in [2.75, 3.05) is 6.61 Å². The van der Waals surface area contributed by atoms with Crippen LogP contribution in [-0.2, 0) is 9.09 Å². The van der Waals surface area contributed by atoms with E-state index in [1.807, 2.05) is 60.7 Å². The molecule has 0 saturated heterocycles. The molecule has 0 N–H and O–H groups in total. The van der Waals surface area contributed by atoms with Crippen molar-refractivity contribution < 1.29 is 9.09 Å². The van der Waals surface area contributed by atoms with Crippen LogP contribution in [-0.4, -0.2) is 6.61 Å². The molecule has 2 nitrogen and oxygen atoms in total. The highest BCUT2D eigenvalue weighted by molar-refractivity contribution is 8.58. The summed E-state index contributed by atoms with van der Waals surface area (Å²) in [6, 6.07) is 19.3. The normalized spacial score (nSPS) is 13.8. The zero-order chi connectivity index (χ0) is 14.3. The van der Waals surface area contributed by atoms with Crippen molar-refractivity contribution in [1.29, 1.82) is 0 Å². The summed E-state index contributed by atoms with van der Waals surface area (Å²) in [4.78, 5) is 0.969. The molecular weight excluding hydrogens is 287 g/mol. The number of rotatable bonds is 7. The minimum atomic E-state index is -2.91. The molecule has 2 aromatic rings. The van der Waals surface area contributed by atoms with E-state index in [9.17, 15) is 4.57 Å². The molecular formula is C16H19O2PS. The van der Waals surface area contributed by atoms with E-state index in [0.717, 1.165) is 23.0 Å². The Balaban J connectivity index is 2.22. The van der Waals surface area contributed by atoms with E-state index in [0.29, 0.717) is 6.61 Å². The Hall–Kier alpha value is -1.02. The highest BCUT2D eigenvalue weighted by Gasteiger charge is 2.27. The van der Waals surface area contributed by atoms with Crippen LogP contribution in [0.25, 0.3) is 0 Å². The fraction of sp³-hybridized carbons (Fsp3) is 0.250. The van der Waals surface area contributed by atoms with Gasteiger partial charge in [0.05, 0.1) is 6.61 Å². The summed E-state index contributed by atoms with van der Waals surface area (Å²) in [5.41, 5.74) is 0. The molecule has 0 radical (unpaired) electrons. The molecule has 0 saturated carbocycles. The predicted molar refractivity (Wildman–Crippen MR) is 86.8 cm³/mol. The quantitative estimate of drug-likeness (QED) is 0.525. The molecule has 106 valence electrons. The van der Waals surface area contributed by atoms with Crippen LogP contribution in [0, 0.1) is 0 Å². The molecule has 0 bridgehead atoms.